The van der Waals surface area contributed by atoms with Gasteiger partial charge in [-0.25, -0.2) is 0 Å². The van der Waals surface area contributed by atoms with E-state index in [9.17, 15) is 9.90 Å². The van der Waals surface area contributed by atoms with Crippen molar-refractivity contribution < 1.29 is 9.90 Å². The summed E-state index contributed by atoms with van der Waals surface area (Å²) in [5.41, 5.74) is 1.95. The Balaban J connectivity index is 2.39. The van der Waals surface area contributed by atoms with Crippen molar-refractivity contribution in [2.24, 2.45) is 0 Å². The molecule has 4 heteroatoms. The molecular formula is C15H21NO2S. The van der Waals surface area contributed by atoms with Gasteiger partial charge in [0.1, 0.15) is 10.6 Å². The number of carbonyl (C=O) groups excluding carboxylic acids is 1. The lowest BCUT2D eigenvalue weighted by Gasteiger charge is -2.35. The minimum absolute atomic E-state index is 0.168. The van der Waals surface area contributed by atoms with Crippen LogP contribution in [0, 0.1) is 6.92 Å². The van der Waals surface area contributed by atoms with Gasteiger partial charge in [0.25, 0.3) is 0 Å². The highest BCUT2D eigenvalue weighted by atomic mass is 32.2. The lowest BCUT2D eigenvalue weighted by molar-refractivity contribution is -0.130. The molecule has 19 heavy (non-hydrogen) atoms. The fraction of sp³-hybridized carbons (Fsp3) is 0.533. The number of benzene rings is 1. The molecule has 1 aliphatic heterocycles. The zero-order valence-electron chi connectivity index (χ0n) is 11.8. The van der Waals surface area contributed by atoms with Crippen LogP contribution in [0.1, 0.15) is 37.8 Å². The van der Waals surface area contributed by atoms with E-state index in [-0.39, 0.29) is 11.7 Å². The predicted molar refractivity (Wildman–Crippen MR) is 79.3 cm³/mol. The monoisotopic (exact) mass is 279 g/mol. The van der Waals surface area contributed by atoms with E-state index in [4.69, 9.17) is 0 Å². The summed E-state index contributed by atoms with van der Waals surface area (Å²) >= 11 is 1.60. The van der Waals surface area contributed by atoms with Crippen molar-refractivity contribution in [3.05, 3.63) is 29.3 Å². The molecule has 1 saturated heterocycles. The van der Waals surface area contributed by atoms with Crippen molar-refractivity contribution in [3.63, 3.8) is 0 Å². The SMILES string of the molecule is CCCCN1C(=O)CSC1(C)c1cc(C)ccc1O. The lowest BCUT2D eigenvalue weighted by atomic mass is 10.0. The molecule has 1 heterocycles. The minimum atomic E-state index is -0.442. The van der Waals surface area contributed by atoms with Gasteiger partial charge in [-0.15, -0.1) is 11.8 Å². The summed E-state index contributed by atoms with van der Waals surface area (Å²) < 4.78 is 0. The van der Waals surface area contributed by atoms with Gasteiger partial charge in [-0.2, -0.15) is 0 Å². The minimum Gasteiger partial charge on any atom is -0.508 e. The Bertz CT molecular complexity index is 489. The van der Waals surface area contributed by atoms with Crippen LogP contribution in [0.25, 0.3) is 0 Å². The second kappa shape index (κ2) is 5.45. The van der Waals surface area contributed by atoms with E-state index in [1.54, 1.807) is 17.8 Å². The summed E-state index contributed by atoms with van der Waals surface area (Å²) in [6.45, 7) is 6.91. The summed E-state index contributed by atoms with van der Waals surface area (Å²) in [4.78, 5) is 13.6. The van der Waals surface area contributed by atoms with Crippen LogP contribution in [0.15, 0.2) is 18.2 Å². The maximum atomic E-state index is 12.1. The normalized spacial score (nSPS) is 23.1. The highest BCUT2D eigenvalue weighted by Crippen LogP contribution is 2.48. The van der Waals surface area contributed by atoms with E-state index in [1.165, 1.54) is 0 Å². The molecule has 1 fully saturated rings. The van der Waals surface area contributed by atoms with Crippen molar-refractivity contribution >= 4 is 17.7 Å². The third-order valence-electron chi connectivity index (χ3n) is 3.68. The van der Waals surface area contributed by atoms with Crippen molar-refractivity contribution in [2.75, 3.05) is 12.3 Å². The van der Waals surface area contributed by atoms with E-state index in [1.807, 2.05) is 30.9 Å². The van der Waals surface area contributed by atoms with Gasteiger partial charge in [-0.3, -0.25) is 4.79 Å². The Morgan fingerprint density at radius 2 is 2.21 bits per heavy atom. The highest BCUT2D eigenvalue weighted by Gasteiger charge is 2.44. The Kier molecular flexibility index (Phi) is 4.09. The molecule has 1 atom stereocenters. The molecular weight excluding hydrogens is 258 g/mol. The smallest absolute Gasteiger partial charge is 0.234 e. The maximum absolute atomic E-state index is 12.1. The van der Waals surface area contributed by atoms with Crippen LogP contribution in [0.2, 0.25) is 0 Å². The summed E-state index contributed by atoms with van der Waals surface area (Å²) in [6, 6.07) is 5.59. The zero-order chi connectivity index (χ0) is 14.0. The summed E-state index contributed by atoms with van der Waals surface area (Å²) in [5, 5.41) is 10.1. The lowest BCUT2D eigenvalue weighted by Crippen LogP contribution is -2.40. The predicted octanol–water partition coefficient (Wildman–Crippen LogP) is 3.25. The standard InChI is InChI=1S/C15H21NO2S/c1-4-5-8-16-14(18)10-19-15(16,3)12-9-11(2)6-7-13(12)17/h6-7,9,17H,4-5,8,10H2,1-3H3. The second-order valence-corrected chi connectivity index (χ2v) is 6.56. The van der Waals surface area contributed by atoms with E-state index in [0.29, 0.717) is 5.75 Å². The molecule has 0 aromatic heterocycles. The Labute approximate surface area is 119 Å². The molecule has 1 N–H and O–H groups in total. The zero-order valence-corrected chi connectivity index (χ0v) is 12.6. The Hall–Kier alpha value is -1.16. The van der Waals surface area contributed by atoms with Gasteiger partial charge in [0, 0.05) is 12.1 Å². The largest absolute Gasteiger partial charge is 0.508 e. The summed E-state index contributed by atoms with van der Waals surface area (Å²) in [6.07, 6.45) is 2.05. The van der Waals surface area contributed by atoms with Gasteiger partial charge < -0.3 is 10.0 Å². The van der Waals surface area contributed by atoms with Crippen LogP contribution < -0.4 is 0 Å². The van der Waals surface area contributed by atoms with Crippen LogP contribution >= 0.6 is 11.8 Å². The first kappa shape index (κ1) is 14.3. The van der Waals surface area contributed by atoms with Crippen molar-refractivity contribution in [2.45, 2.75) is 38.5 Å². The van der Waals surface area contributed by atoms with Crippen LogP contribution in [0.3, 0.4) is 0 Å². The van der Waals surface area contributed by atoms with Gasteiger partial charge >= 0.3 is 0 Å². The highest BCUT2D eigenvalue weighted by molar-refractivity contribution is 8.01. The molecule has 1 aliphatic rings. The van der Waals surface area contributed by atoms with E-state index in [0.717, 1.165) is 30.5 Å². The van der Waals surface area contributed by atoms with Gasteiger partial charge in [0.15, 0.2) is 0 Å². The number of carbonyl (C=O) groups is 1. The van der Waals surface area contributed by atoms with Crippen LogP contribution in [0.4, 0.5) is 0 Å². The molecule has 3 nitrogen and oxygen atoms in total. The number of amides is 1. The molecule has 0 saturated carbocycles. The molecule has 1 aromatic carbocycles. The quantitative estimate of drug-likeness (QED) is 0.919. The average Bonchev–Trinajstić information content (AvgIpc) is 2.67. The first-order valence-electron chi connectivity index (χ1n) is 6.73. The first-order chi connectivity index (χ1) is 8.99. The number of hydrogen-bond acceptors (Lipinski definition) is 3. The molecule has 0 aliphatic carbocycles. The molecule has 104 valence electrons. The van der Waals surface area contributed by atoms with Gasteiger partial charge in [-0.1, -0.05) is 25.0 Å². The number of unbranched alkanes of at least 4 members (excludes halogenated alkanes) is 1. The van der Waals surface area contributed by atoms with E-state index < -0.39 is 4.87 Å². The maximum Gasteiger partial charge on any atom is 0.234 e. The van der Waals surface area contributed by atoms with Crippen molar-refractivity contribution in [3.8, 4) is 5.75 Å². The van der Waals surface area contributed by atoms with Gasteiger partial charge in [0.2, 0.25) is 5.91 Å². The third-order valence-corrected chi connectivity index (χ3v) is 5.07. The third kappa shape index (κ3) is 2.59. The second-order valence-electron chi connectivity index (χ2n) is 5.19. The molecule has 1 unspecified atom stereocenters. The van der Waals surface area contributed by atoms with Crippen molar-refractivity contribution in [1.29, 1.82) is 0 Å². The first-order valence-corrected chi connectivity index (χ1v) is 7.72. The molecule has 0 bridgehead atoms. The molecule has 2 rings (SSSR count). The number of thioether (sulfide) groups is 1. The Morgan fingerprint density at radius 1 is 1.47 bits per heavy atom. The molecule has 0 radical (unpaired) electrons. The fourth-order valence-electron chi connectivity index (χ4n) is 2.49. The fourth-order valence-corrected chi connectivity index (χ4v) is 3.72. The molecule has 0 spiro atoms. The number of rotatable bonds is 4. The number of hydrogen-bond donors (Lipinski definition) is 1. The van der Waals surface area contributed by atoms with E-state index in [2.05, 4.69) is 6.92 Å². The van der Waals surface area contributed by atoms with Gasteiger partial charge in [0.05, 0.1) is 5.75 Å². The number of nitrogens with zero attached hydrogens (tertiary/aromatic N) is 1. The van der Waals surface area contributed by atoms with Gasteiger partial charge in [-0.05, 0) is 32.4 Å². The summed E-state index contributed by atoms with van der Waals surface area (Å²) in [7, 11) is 0. The molecule has 1 amide bonds. The van der Waals surface area contributed by atoms with Crippen LogP contribution in [-0.2, 0) is 9.67 Å². The van der Waals surface area contributed by atoms with Crippen molar-refractivity contribution in [1.82, 2.24) is 4.90 Å². The average molecular weight is 279 g/mol. The number of phenolic OH excluding ortho intramolecular Hbond substituents is 1. The number of aryl methyl sites for hydroxylation is 1. The van der Waals surface area contributed by atoms with E-state index >= 15 is 0 Å². The topological polar surface area (TPSA) is 40.5 Å². The molecule has 1 aromatic rings. The number of phenols is 1. The summed E-state index contributed by atoms with van der Waals surface area (Å²) in [5.74, 6) is 0.937. The van der Waals surface area contributed by atoms with Crippen LogP contribution in [-0.4, -0.2) is 28.2 Å². The Morgan fingerprint density at radius 3 is 2.89 bits per heavy atom. The number of aromatic hydroxyl groups is 1. The van der Waals surface area contributed by atoms with Crippen LogP contribution in [0.5, 0.6) is 5.75 Å².